The highest BCUT2D eigenvalue weighted by Gasteiger charge is 2.32. The molecule has 3 amide bonds. The molecule has 9 N–H and O–H groups in total. The molecule has 0 aliphatic heterocycles. The third-order valence-electron chi connectivity index (χ3n) is 4.51. The van der Waals surface area contributed by atoms with Crippen molar-refractivity contribution in [2.75, 3.05) is 6.61 Å². The molecule has 1 aromatic carbocycles. The predicted molar refractivity (Wildman–Crippen MR) is 113 cm³/mol. The average molecular weight is 468 g/mol. The Bertz CT molecular complexity index is 847. The predicted octanol–water partition coefficient (Wildman–Crippen LogP) is -3.06. The van der Waals surface area contributed by atoms with Crippen LogP contribution in [0.15, 0.2) is 30.3 Å². The third-order valence-corrected chi connectivity index (χ3v) is 4.51. The molecule has 0 aliphatic carbocycles. The fraction of sp³-hybridized carbons (Fsp3) is 0.450. The molecule has 0 saturated heterocycles. The number of aliphatic hydroxyl groups excluding tert-OH is 2. The number of carboxylic acid groups (broad SMARTS) is 2. The summed E-state index contributed by atoms with van der Waals surface area (Å²) >= 11 is 0. The van der Waals surface area contributed by atoms with E-state index in [1.165, 1.54) is 0 Å². The normalized spacial score (nSPS) is 15.3. The van der Waals surface area contributed by atoms with E-state index in [9.17, 15) is 34.2 Å². The zero-order chi connectivity index (χ0) is 25.1. The van der Waals surface area contributed by atoms with Gasteiger partial charge in [-0.05, 0) is 12.5 Å². The molecule has 1 aromatic rings. The number of nitrogens with two attached hydrogens (primary N) is 1. The van der Waals surface area contributed by atoms with Crippen molar-refractivity contribution in [1.29, 1.82) is 0 Å². The molecule has 33 heavy (non-hydrogen) atoms. The van der Waals surface area contributed by atoms with Crippen LogP contribution in [-0.2, 0) is 30.4 Å². The number of carbonyl (C=O) groups is 5. The van der Waals surface area contributed by atoms with E-state index in [1.54, 1.807) is 30.3 Å². The van der Waals surface area contributed by atoms with Crippen LogP contribution < -0.4 is 21.7 Å². The first kappa shape index (κ1) is 27.5. The lowest BCUT2D eigenvalue weighted by molar-refractivity contribution is -0.145. The molecule has 5 unspecified atom stereocenters. The Labute approximate surface area is 189 Å². The molecule has 13 nitrogen and oxygen atoms in total. The Kier molecular flexibility index (Phi) is 10.9. The smallest absolute Gasteiger partial charge is 0.328 e. The van der Waals surface area contributed by atoms with Gasteiger partial charge in [0.1, 0.15) is 12.1 Å². The number of rotatable bonds is 13. The first-order valence-electron chi connectivity index (χ1n) is 9.90. The lowest BCUT2D eigenvalue weighted by Crippen LogP contribution is -2.59. The van der Waals surface area contributed by atoms with E-state index in [0.29, 0.717) is 5.56 Å². The van der Waals surface area contributed by atoms with E-state index in [0.717, 1.165) is 6.92 Å². The molecule has 0 aliphatic rings. The fourth-order valence-electron chi connectivity index (χ4n) is 2.73. The van der Waals surface area contributed by atoms with Crippen LogP contribution in [-0.4, -0.2) is 87.0 Å². The highest BCUT2D eigenvalue weighted by molar-refractivity contribution is 5.95. The van der Waals surface area contributed by atoms with Gasteiger partial charge in [0.05, 0.1) is 25.2 Å². The van der Waals surface area contributed by atoms with E-state index in [1.807, 2.05) is 5.32 Å². The SMILES string of the molecule is CC(O)C(NC(=O)C(CO)NC(=O)C(Cc1ccccc1)NC(=O)C(N)CC(=O)O)C(=O)O. The largest absolute Gasteiger partial charge is 0.481 e. The minimum absolute atomic E-state index is 0.0522. The number of benzene rings is 1. The van der Waals surface area contributed by atoms with Crippen molar-refractivity contribution in [3.63, 3.8) is 0 Å². The van der Waals surface area contributed by atoms with E-state index < -0.39 is 73.0 Å². The Morgan fingerprint density at radius 3 is 1.94 bits per heavy atom. The van der Waals surface area contributed by atoms with E-state index >= 15 is 0 Å². The van der Waals surface area contributed by atoms with Crippen LogP contribution >= 0.6 is 0 Å². The molecule has 13 heteroatoms. The number of carboxylic acids is 2. The maximum Gasteiger partial charge on any atom is 0.328 e. The van der Waals surface area contributed by atoms with Gasteiger partial charge in [0.2, 0.25) is 17.7 Å². The van der Waals surface area contributed by atoms with Crippen LogP contribution in [0.1, 0.15) is 18.9 Å². The fourth-order valence-corrected chi connectivity index (χ4v) is 2.73. The molecule has 0 saturated carbocycles. The molecular formula is C20H28N4O9. The summed E-state index contributed by atoms with van der Waals surface area (Å²) in [5, 5.41) is 43.4. The van der Waals surface area contributed by atoms with Gasteiger partial charge in [-0.1, -0.05) is 30.3 Å². The van der Waals surface area contributed by atoms with Gasteiger partial charge in [-0.15, -0.1) is 0 Å². The Morgan fingerprint density at radius 2 is 1.45 bits per heavy atom. The summed E-state index contributed by atoms with van der Waals surface area (Å²) in [6.07, 6.45) is -2.19. The van der Waals surface area contributed by atoms with Crippen molar-refractivity contribution in [1.82, 2.24) is 16.0 Å². The second-order valence-corrected chi connectivity index (χ2v) is 7.26. The quantitative estimate of drug-likeness (QED) is 0.146. The second kappa shape index (κ2) is 13.1. The standard InChI is InChI=1S/C20H28N4O9/c1-10(26)16(20(32)33)24-19(31)14(9-25)23-18(30)13(7-11-5-3-2-4-6-11)22-17(29)12(21)8-15(27)28/h2-6,10,12-14,16,25-26H,7-9,21H2,1H3,(H,22,29)(H,23,30)(H,24,31)(H,27,28)(H,32,33). The molecule has 0 bridgehead atoms. The average Bonchev–Trinajstić information content (AvgIpc) is 2.74. The lowest BCUT2D eigenvalue weighted by Gasteiger charge is -2.25. The van der Waals surface area contributed by atoms with Gasteiger partial charge >= 0.3 is 11.9 Å². The van der Waals surface area contributed by atoms with Gasteiger partial charge in [0.15, 0.2) is 6.04 Å². The summed E-state index contributed by atoms with van der Waals surface area (Å²) in [5.74, 6) is -5.74. The molecule has 0 spiro atoms. The number of hydrogen-bond donors (Lipinski definition) is 8. The number of aliphatic carboxylic acids is 2. The highest BCUT2D eigenvalue weighted by atomic mass is 16.4. The summed E-state index contributed by atoms with van der Waals surface area (Å²) in [6.45, 7) is 0.228. The molecule has 1 rings (SSSR count). The lowest BCUT2D eigenvalue weighted by atomic mass is 10.0. The van der Waals surface area contributed by atoms with Crippen molar-refractivity contribution >= 4 is 29.7 Å². The van der Waals surface area contributed by atoms with Crippen molar-refractivity contribution < 1.29 is 44.4 Å². The van der Waals surface area contributed by atoms with Crippen molar-refractivity contribution in [3.8, 4) is 0 Å². The van der Waals surface area contributed by atoms with Crippen LogP contribution in [0.25, 0.3) is 0 Å². The van der Waals surface area contributed by atoms with Crippen LogP contribution in [0, 0.1) is 0 Å². The molecule has 182 valence electrons. The molecule has 5 atom stereocenters. The molecular weight excluding hydrogens is 440 g/mol. The van der Waals surface area contributed by atoms with Gasteiger partial charge < -0.3 is 42.1 Å². The van der Waals surface area contributed by atoms with Gasteiger partial charge in [-0.3, -0.25) is 19.2 Å². The number of carbonyl (C=O) groups excluding carboxylic acids is 3. The summed E-state index contributed by atoms with van der Waals surface area (Å²) in [5.41, 5.74) is 6.16. The summed E-state index contributed by atoms with van der Waals surface area (Å²) in [4.78, 5) is 59.4. The monoisotopic (exact) mass is 468 g/mol. The van der Waals surface area contributed by atoms with Gasteiger partial charge in [-0.2, -0.15) is 0 Å². The summed E-state index contributed by atoms with van der Waals surface area (Å²) in [6, 6.07) is 2.43. The number of hydrogen-bond acceptors (Lipinski definition) is 8. The van der Waals surface area contributed by atoms with Crippen LogP contribution in [0.5, 0.6) is 0 Å². The Morgan fingerprint density at radius 1 is 0.909 bits per heavy atom. The topological polar surface area (TPSA) is 228 Å². The van der Waals surface area contributed by atoms with Crippen LogP contribution in [0.3, 0.4) is 0 Å². The Balaban J connectivity index is 2.99. The van der Waals surface area contributed by atoms with Crippen LogP contribution in [0.4, 0.5) is 0 Å². The van der Waals surface area contributed by atoms with E-state index in [-0.39, 0.29) is 6.42 Å². The molecule has 0 aromatic heterocycles. The van der Waals surface area contributed by atoms with Crippen LogP contribution in [0.2, 0.25) is 0 Å². The maximum atomic E-state index is 12.8. The summed E-state index contributed by atoms with van der Waals surface area (Å²) in [7, 11) is 0. The first-order chi connectivity index (χ1) is 15.5. The van der Waals surface area contributed by atoms with Crippen molar-refractivity contribution in [2.24, 2.45) is 5.73 Å². The Hall–Kier alpha value is -3.55. The van der Waals surface area contributed by atoms with E-state index in [2.05, 4.69) is 10.6 Å². The summed E-state index contributed by atoms with van der Waals surface area (Å²) < 4.78 is 0. The first-order valence-corrected chi connectivity index (χ1v) is 9.90. The number of amides is 3. The maximum absolute atomic E-state index is 12.8. The molecule has 0 heterocycles. The highest BCUT2D eigenvalue weighted by Crippen LogP contribution is 2.05. The van der Waals surface area contributed by atoms with Gasteiger partial charge in [-0.25, -0.2) is 4.79 Å². The second-order valence-electron chi connectivity index (χ2n) is 7.26. The molecule has 0 radical (unpaired) electrons. The number of nitrogens with one attached hydrogen (secondary N) is 3. The number of aliphatic hydroxyl groups is 2. The van der Waals surface area contributed by atoms with Crippen molar-refractivity contribution in [2.45, 2.75) is 50.0 Å². The van der Waals surface area contributed by atoms with Gasteiger partial charge in [0, 0.05) is 6.42 Å². The minimum atomic E-state index is -1.68. The molecule has 0 fully saturated rings. The minimum Gasteiger partial charge on any atom is -0.481 e. The zero-order valence-electron chi connectivity index (χ0n) is 17.8. The zero-order valence-corrected chi connectivity index (χ0v) is 17.8. The van der Waals surface area contributed by atoms with Crippen molar-refractivity contribution in [3.05, 3.63) is 35.9 Å². The van der Waals surface area contributed by atoms with Gasteiger partial charge in [0.25, 0.3) is 0 Å². The third kappa shape index (κ3) is 9.22. The van der Waals surface area contributed by atoms with E-state index in [4.69, 9.17) is 15.9 Å².